The summed E-state index contributed by atoms with van der Waals surface area (Å²) in [6.45, 7) is 0.557. The molecule has 0 saturated carbocycles. The van der Waals surface area contributed by atoms with E-state index >= 15 is 0 Å². The fourth-order valence-corrected chi connectivity index (χ4v) is 2.71. The van der Waals surface area contributed by atoms with Gasteiger partial charge in [-0.25, -0.2) is 14.8 Å². The number of methoxy groups -OCH3 is 1. The van der Waals surface area contributed by atoms with Gasteiger partial charge in [-0.05, 0) is 29.8 Å². The Balaban J connectivity index is 1.54. The molecular weight excluding hydrogens is 332 g/mol. The highest BCUT2D eigenvalue weighted by Gasteiger charge is 2.12. The van der Waals surface area contributed by atoms with E-state index in [9.17, 15) is 4.79 Å². The number of ether oxygens (including phenoxy) is 1. The highest BCUT2D eigenvalue weighted by Crippen LogP contribution is 2.30. The minimum atomic E-state index is -0.496. The molecule has 2 heterocycles. The molecule has 2 N–H and O–H groups in total. The average Bonchev–Trinajstić information content (AvgIpc) is 3.07. The number of anilines is 2. The Labute approximate surface area is 149 Å². The lowest BCUT2D eigenvalue weighted by Crippen LogP contribution is -2.10. The second kappa shape index (κ2) is 6.72. The van der Waals surface area contributed by atoms with Gasteiger partial charge < -0.3 is 14.5 Å². The van der Waals surface area contributed by atoms with Gasteiger partial charge in [0.05, 0.1) is 7.11 Å². The molecule has 4 aromatic rings. The van der Waals surface area contributed by atoms with Crippen molar-refractivity contribution in [1.29, 1.82) is 0 Å². The van der Waals surface area contributed by atoms with E-state index in [0.717, 1.165) is 22.0 Å². The number of furan rings is 1. The van der Waals surface area contributed by atoms with E-state index < -0.39 is 6.09 Å². The van der Waals surface area contributed by atoms with Crippen molar-refractivity contribution in [2.24, 2.45) is 0 Å². The number of rotatable bonds is 4. The van der Waals surface area contributed by atoms with E-state index in [-0.39, 0.29) is 0 Å². The van der Waals surface area contributed by atoms with Crippen LogP contribution in [0.25, 0.3) is 22.1 Å². The maximum atomic E-state index is 11.2. The van der Waals surface area contributed by atoms with Crippen molar-refractivity contribution in [3.8, 4) is 0 Å². The van der Waals surface area contributed by atoms with E-state index in [1.807, 2.05) is 48.5 Å². The zero-order chi connectivity index (χ0) is 17.9. The molecule has 2 aromatic carbocycles. The largest absolute Gasteiger partial charge is 0.453 e. The van der Waals surface area contributed by atoms with E-state index in [4.69, 9.17) is 4.42 Å². The molecule has 7 heteroatoms. The summed E-state index contributed by atoms with van der Waals surface area (Å²) in [5.41, 5.74) is 3.91. The van der Waals surface area contributed by atoms with Gasteiger partial charge >= 0.3 is 6.09 Å². The minimum absolute atomic E-state index is 0.496. The van der Waals surface area contributed by atoms with Crippen LogP contribution in [-0.2, 0) is 11.3 Å². The van der Waals surface area contributed by atoms with Crippen LogP contribution in [0.15, 0.2) is 59.3 Å². The normalized spacial score (nSPS) is 10.8. The summed E-state index contributed by atoms with van der Waals surface area (Å²) in [6, 6.07) is 15.2. The van der Waals surface area contributed by atoms with Gasteiger partial charge in [0.25, 0.3) is 0 Å². The molecule has 26 heavy (non-hydrogen) atoms. The summed E-state index contributed by atoms with van der Waals surface area (Å²) in [5, 5.41) is 6.86. The van der Waals surface area contributed by atoms with Crippen molar-refractivity contribution in [2.45, 2.75) is 6.54 Å². The predicted octanol–water partition coefficient (Wildman–Crippen LogP) is 4.17. The van der Waals surface area contributed by atoms with Crippen molar-refractivity contribution in [3.63, 3.8) is 0 Å². The first-order chi connectivity index (χ1) is 12.7. The van der Waals surface area contributed by atoms with Gasteiger partial charge in [0.2, 0.25) is 0 Å². The van der Waals surface area contributed by atoms with Crippen LogP contribution < -0.4 is 10.6 Å². The fourth-order valence-electron chi connectivity index (χ4n) is 2.71. The van der Waals surface area contributed by atoms with Crippen LogP contribution in [-0.4, -0.2) is 23.2 Å². The van der Waals surface area contributed by atoms with E-state index in [1.165, 1.54) is 13.4 Å². The fraction of sp³-hybridized carbons (Fsp3) is 0.105. The van der Waals surface area contributed by atoms with Crippen molar-refractivity contribution in [2.75, 3.05) is 17.7 Å². The van der Waals surface area contributed by atoms with Gasteiger partial charge in [-0.15, -0.1) is 0 Å². The van der Waals surface area contributed by atoms with Crippen LogP contribution in [0.1, 0.15) is 5.56 Å². The molecule has 0 radical (unpaired) electrons. The molecule has 0 unspecified atom stereocenters. The number of carbonyl (C=O) groups excluding carboxylic acids is 1. The molecule has 0 aliphatic heterocycles. The molecular formula is C19H16N4O3. The highest BCUT2D eigenvalue weighted by atomic mass is 16.5. The number of benzene rings is 2. The monoisotopic (exact) mass is 348 g/mol. The minimum Gasteiger partial charge on any atom is -0.453 e. The van der Waals surface area contributed by atoms with Crippen molar-refractivity contribution in [1.82, 2.24) is 9.97 Å². The third-order valence-electron chi connectivity index (χ3n) is 4.00. The number of carbonyl (C=O) groups is 1. The van der Waals surface area contributed by atoms with E-state index in [2.05, 4.69) is 25.3 Å². The smallest absolute Gasteiger partial charge is 0.411 e. The third kappa shape index (κ3) is 3.02. The molecule has 0 fully saturated rings. The van der Waals surface area contributed by atoms with Gasteiger partial charge in [0, 0.05) is 17.6 Å². The number of hydrogen-bond donors (Lipinski definition) is 2. The summed E-state index contributed by atoms with van der Waals surface area (Å²) in [4.78, 5) is 19.8. The number of amides is 1. The maximum absolute atomic E-state index is 11.2. The first-order valence-electron chi connectivity index (χ1n) is 8.04. The van der Waals surface area contributed by atoms with E-state index in [0.29, 0.717) is 23.6 Å². The molecule has 0 spiro atoms. The first kappa shape index (κ1) is 15.9. The average molecular weight is 348 g/mol. The molecule has 0 saturated heterocycles. The Bertz CT molecular complexity index is 1070. The quantitative estimate of drug-likeness (QED) is 0.575. The van der Waals surface area contributed by atoms with Gasteiger partial charge in [-0.3, -0.25) is 5.32 Å². The number of para-hydroxylation sites is 1. The van der Waals surface area contributed by atoms with Gasteiger partial charge in [0.1, 0.15) is 17.4 Å². The van der Waals surface area contributed by atoms with Crippen LogP contribution in [0.3, 0.4) is 0 Å². The summed E-state index contributed by atoms with van der Waals surface area (Å²) in [7, 11) is 1.33. The SMILES string of the molecule is COC(=O)Nc1ccc(CNc2ncnc3c2oc2ccccc23)cc1. The van der Waals surface area contributed by atoms with Crippen LogP contribution in [0.4, 0.5) is 16.3 Å². The zero-order valence-electron chi connectivity index (χ0n) is 14.0. The molecule has 130 valence electrons. The molecule has 4 rings (SSSR count). The second-order valence-corrected chi connectivity index (χ2v) is 5.67. The highest BCUT2D eigenvalue weighted by molar-refractivity contribution is 6.05. The Hall–Kier alpha value is -3.61. The molecule has 0 atom stereocenters. The number of fused-ring (bicyclic) bond motifs is 3. The van der Waals surface area contributed by atoms with Crippen molar-refractivity contribution >= 4 is 39.7 Å². The van der Waals surface area contributed by atoms with Crippen LogP contribution in [0, 0.1) is 0 Å². The molecule has 7 nitrogen and oxygen atoms in total. The molecule has 1 amide bonds. The summed E-state index contributed by atoms with van der Waals surface area (Å²) in [6.07, 6.45) is 1.03. The third-order valence-corrected chi connectivity index (χ3v) is 4.00. The lowest BCUT2D eigenvalue weighted by molar-refractivity contribution is 0.187. The number of hydrogen-bond acceptors (Lipinski definition) is 6. The summed E-state index contributed by atoms with van der Waals surface area (Å²) in [5.74, 6) is 0.642. The first-order valence-corrected chi connectivity index (χ1v) is 8.04. The Morgan fingerprint density at radius 1 is 1.12 bits per heavy atom. The maximum Gasteiger partial charge on any atom is 0.411 e. The van der Waals surface area contributed by atoms with Gasteiger partial charge in [-0.1, -0.05) is 24.3 Å². The van der Waals surface area contributed by atoms with Crippen LogP contribution in [0.5, 0.6) is 0 Å². The Morgan fingerprint density at radius 3 is 2.73 bits per heavy atom. The van der Waals surface area contributed by atoms with Gasteiger partial charge in [0.15, 0.2) is 11.4 Å². The standard InChI is InChI=1S/C19H16N4O3/c1-25-19(24)23-13-8-6-12(7-9-13)10-20-18-17-16(21-11-22-18)14-4-2-3-5-15(14)26-17/h2-9,11H,10H2,1H3,(H,23,24)(H,20,21,22). The summed E-state index contributed by atoms with van der Waals surface area (Å²) >= 11 is 0. The lowest BCUT2D eigenvalue weighted by Gasteiger charge is -2.07. The lowest BCUT2D eigenvalue weighted by atomic mass is 10.2. The topological polar surface area (TPSA) is 89.3 Å². The molecule has 2 aromatic heterocycles. The Kier molecular flexibility index (Phi) is 4.10. The van der Waals surface area contributed by atoms with E-state index in [1.54, 1.807) is 0 Å². The van der Waals surface area contributed by atoms with Crippen molar-refractivity contribution < 1.29 is 13.9 Å². The number of nitrogens with one attached hydrogen (secondary N) is 2. The van der Waals surface area contributed by atoms with Gasteiger partial charge in [-0.2, -0.15) is 0 Å². The molecule has 0 aliphatic rings. The molecule has 0 bridgehead atoms. The number of nitrogens with zero attached hydrogens (tertiary/aromatic N) is 2. The zero-order valence-corrected chi connectivity index (χ0v) is 14.0. The van der Waals surface area contributed by atoms with Crippen LogP contribution in [0.2, 0.25) is 0 Å². The predicted molar refractivity (Wildman–Crippen MR) is 99.1 cm³/mol. The van der Waals surface area contributed by atoms with Crippen LogP contribution >= 0.6 is 0 Å². The second-order valence-electron chi connectivity index (χ2n) is 5.67. The summed E-state index contributed by atoms with van der Waals surface area (Å²) < 4.78 is 10.5. The Morgan fingerprint density at radius 2 is 1.92 bits per heavy atom. The van der Waals surface area contributed by atoms with Crippen molar-refractivity contribution in [3.05, 3.63) is 60.4 Å². The number of aromatic nitrogens is 2. The molecule has 0 aliphatic carbocycles.